The van der Waals surface area contributed by atoms with E-state index in [1.54, 1.807) is 0 Å². The molecule has 2 fully saturated rings. The van der Waals surface area contributed by atoms with Gasteiger partial charge in [-0.3, -0.25) is 4.79 Å². The molecule has 1 aliphatic heterocycles. The fourth-order valence-corrected chi connectivity index (χ4v) is 3.63. The van der Waals surface area contributed by atoms with Crippen molar-refractivity contribution in [3.63, 3.8) is 0 Å². The summed E-state index contributed by atoms with van der Waals surface area (Å²) in [5.74, 6) is 0.202. The van der Waals surface area contributed by atoms with Crippen LogP contribution in [0.2, 0.25) is 0 Å². The highest BCUT2D eigenvalue weighted by Crippen LogP contribution is 2.38. The summed E-state index contributed by atoms with van der Waals surface area (Å²) in [6.07, 6.45) is 9.10. The molecule has 1 saturated heterocycles. The smallest absolute Gasteiger partial charge is 0.220 e. The lowest BCUT2D eigenvalue weighted by atomic mass is 9.71. The van der Waals surface area contributed by atoms with Crippen molar-refractivity contribution in [2.75, 3.05) is 26.7 Å². The van der Waals surface area contributed by atoms with Crippen LogP contribution in [0.4, 0.5) is 0 Å². The summed E-state index contributed by atoms with van der Waals surface area (Å²) in [6, 6.07) is 0.532. The average Bonchev–Trinajstić information content (AvgIpc) is 2.83. The van der Waals surface area contributed by atoms with Crippen molar-refractivity contribution in [2.24, 2.45) is 11.1 Å². The van der Waals surface area contributed by atoms with Crippen molar-refractivity contribution in [1.82, 2.24) is 10.2 Å². The van der Waals surface area contributed by atoms with Gasteiger partial charge >= 0.3 is 0 Å². The third kappa shape index (κ3) is 5.93. The van der Waals surface area contributed by atoms with Crippen LogP contribution in [-0.4, -0.2) is 43.5 Å². The largest absolute Gasteiger partial charge is 0.355 e. The Morgan fingerprint density at radius 1 is 1.24 bits per heavy atom. The van der Waals surface area contributed by atoms with Crippen LogP contribution in [0.5, 0.6) is 0 Å². The van der Waals surface area contributed by atoms with E-state index >= 15 is 0 Å². The number of likely N-dealkylation sites (tertiary alicyclic amines) is 1. The van der Waals surface area contributed by atoms with Crippen LogP contribution >= 0.6 is 24.8 Å². The minimum atomic E-state index is 0. The zero-order valence-electron chi connectivity index (χ0n) is 13.1. The van der Waals surface area contributed by atoms with E-state index in [4.69, 9.17) is 5.73 Å². The van der Waals surface area contributed by atoms with Gasteiger partial charge in [0.05, 0.1) is 0 Å². The average molecular weight is 340 g/mol. The zero-order valence-corrected chi connectivity index (χ0v) is 14.7. The molecule has 4 nitrogen and oxygen atoms in total. The van der Waals surface area contributed by atoms with E-state index in [1.807, 2.05) is 0 Å². The number of halogens is 2. The van der Waals surface area contributed by atoms with Crippen LogP contribution in [0, 0.1) is 5.41 Å². The highest BCUT2D eigenvalue weighted by atomic mass is 35.5. The fraction of sp³-hybridized carbons (Fsp3) is 0.933. The molecule has 3 N–H and O–H groups in total. The summed E-state index contributed by atoms with van der Waals surface area (Å²) < 4.78 is 0. The van der Waals surface area contributed by atoms with Crippen molar-refractivity contribution in [1.29, 1.82) is 0 Å². The standard InChI is InChI=1S/C15H29N3O.2ClH/c1-18-9-5-6-13(18)11-17-14(19)10-15(12-16)7-3-2-4-8-15;;/h13H,2-12,16H2,1H3,(H,17,19);2*1H. The first-order valence-corrected chi connectivity index (χ1v) is 7.82. The van der Waals surface area contributed by atoms with Gasteiger partial charge in [0, 0.05) is 19.0 Å². The van der Waals surface area contributed by atoms with Gasteiger partial charge in [0.2, 0.25) is 5.91 Å². The van der Waals surface area contributed by atoms with Crippen molar-refractivity contribution >= 4 is 30.7 Å². The second kappa shape index (κ2) is 9.88. The lowest BCUT2D eigenvalue weighted by molar-refractivity contribution is -0.124. The molecule has 2 rings (SSSR count). The van der Waals surface area contributed by atoms with Gasteiger partial charge in [0.15, 0.2) is 0 Å². The van der Waals surface area contributed by atoms with Crippen molar-refractivity contribution in [2.45, 2.75) is 57.4 Å². The first kappa shape index (κ1) is 21.0. The molecule has 1 aliphatic carbocycles. The first-order chi connectivity index (χ1) is 9.15. The van der Waals surface area contributed by atoms with Gasteiger partial charge in [-0.15, -0.1) is 24.8 Å². The van der Waals surface area contributed by atoms with Crippen LogP contribution in [-0.2, 0) is 4.79 Å². The normalized spacial score (nSPS) is 24.8. The minimum Gasteiger partial charge on any atom is -0.355 e. The SMILES string of the molecule is CN1CCCC1CNC(=O)CC1(CN)CCCCC1.Cl.Cl. The Morgan fingerprint density at radius 2 is 1.90 bits per heavy atom. The molecule has 0 aromatic heterocycles. The Hall–Kier alpha value is -0.0300. The molecular formula is C15H31Cl2N3O. The Balaban J connectivity index is 0.00000200. The molecule has 0 aromatic carbocycles. The van der Waals surface area contributed by atoms with Gasteiger partial charge in [-0.05, 0) is 51.2 Å². The molecule has 0 spiro atoms. The molecule has 0 bridgehead atoms. The maximum atomic E-state index is 12.2. The number of carbonyl (C=O) groups excluding carboxylic acids is 1. The Morgan fingerprint density at radius 3 is 2.43 bits per heavy atom. The lowest BCUT2D eigenvalue weighted by Crippen LogP contribution is -2.42. The molecule has 1 atom stereocenters. The maximum absolute atomic E-state index is 12.2. The van der Waals surface area contributed by atoms with E-state index in [-0.39, 0.29) is 36.1 Å². The summed E-state index contributed by atoms with van der Waals surface area (Å²) in [5.41, 5.74) is 6.03. The minimum absolute atomic E-state index is 0. The maximum Gasteiger partial charge on any atom is 0.220 e. The van der Waals surface area contributed by atoms with Crippen LogP contribution < -0.4 is 11.1 Å². The van der Waals surface area contributed by atoms with Crippen LogP contribution in [0.25, 0.3) is 0 Å². The molecular weight excluding hydrogens is 309 g/mol. The highest BCUT2D eigenvalue weighted by molar-refractivity contribution is 5.85. The van der Waals surface area contributed by atoms with Gasteiger partial charge in [0.1, 0.15) is 0 Å². The summed E-state index contributed by atoms with van der Waals surface area (Å²) in [6.45, 7) is 2.62. The van der Waals surface area contributed by atoms with E-state index < -0.39 is 0 Å². The third-order valence-electron chi connectivity index (χ3n) is 5.09. The number of hydrogen-bond acceptors (Lipinski definition) is 3. The molecule has 1 amide bonds. The number of nitrogens with zero attached hydrogens (tertiary/aromatic N) is 1. The van der Waals surface area contributed by atoms with E-state index in [0.717, 1.165) is 25.9 Å². The Bertz CT molecular complexity index is 309. The summed E-state index contributed by atoms with van der Waals surface area (Å²) >= 11 is 0. The van der Waals surface area contributed by atoms with Gasteiger partial charge in [0.25, 0.3) is 0 Å². The second-order valence-electron chi connectivity index (χ2n) is 6.52. The van der Waals surface area contributed by atoms with Gasteiger partial charge in [-0.25, -0.2) is 0 Å². The number of likely N-dealkylation sites (N-methyl/N-ethyl adjacent to an activating group) is 1. The van der Waals surface area contributed by atoms with Crippen LogP contribution in [0.1, 0.15) is 51.4 Å². The highest BCUT2D eigenvalue weighted by Gasteiger charge is 2.33. The quantitative estimate of drug-likeness (QED) is 0.808. The van der Waals surface area contributed by atoms with Crippen molar-refractivity contribution < 1.29 is 4.79 Å². The molecule has 2 aliphatic rings. The van der Waals surface area contributed by atoms with E-state index in [2.05, 4.69) is 17.3 Å². The number of carbonyl (C=O) groups is 1. The second-order valence-corrected chi connectivity index (χ2v) is 6.52. The molecule has 21 heavy (non-hydrogen) atoms. The molecule has 126 valence electrons. The molecule has 6 heteroatoms. The number of rotatable bonds is 5. The molecule has 1 unspecified atom stereocenters. The number of nitrogens with two attached hydrogens (primary N) is 1. The van der Waals surface area contributed by atoms with E-state index in [9.17, 15) is 4.79 Å². The predicted molar refractivity (Wildman–Crippen MR) is 92.3 cm³/mol. The fourth-order valence-electron chi connectivity index (χ4n) is 3.63. The first-order valence-electron chi connectivity index (χ1n) is 7.82. The molecule has 0 radical (unpaired) electrons. The lowest BCUT2D eigenvalue weighted by Gasteiger charge is -2.35. The predicted octanol–water partition coefficient (Wildman–Crippen LogP) is 2.34. The zero-order chi connectivity index (χ0) is 13.7. The van der Waals surface area contributed by atoms with Gasteiger partial charge < -0.3 is 16.0 Å². The summed E-state index contributed by atoms with van der Waals surface area (Å²) in [5, 5.41) is 3.13. The summed E-state index contributed by atoms with van der Waals surface area (Å²) in [7, 11) is 2.15. The Kier molecular flexibility index (Phi) is 9.87. The van der Waals surface area contributed by atoms with Crippen LogP contribution in [0.3, 0.4) is 0 Å². The monoisotopic (exact) mass is 339 g/mol. The topological polar surface area (TPSA) is 58.4 Å². The number of amides is 1. The molecule has 1 saturated carbocycles. The number of hydrogen-bond donors (Lipinski definition) is 2. The van der Waals surface area contributed by atoms with Crippen LogP contribution in [0.15, 0.2) is 0 Å². The van der Waals surface area contributed by atoms with E-state index in [0.29, 0.717) is 19.0 Å². The van der Waals surface area contributed by atoms with Gasteiger partial charge in [-0.2, -0.15) is 0 Å². The number of nitrogens with one attached hydrogen (secondary N) is 1. The molecule has 1 heterocycles. The van der Waals surface area contributed by atoms with E-state index in [1.165, 1.54) is 32.1 Å². The third-order valence-corrected chi connectivity index (χ3v) is 5.09. The van der Waals surface area contributed by atoms with Gasteiger partial charge in [-0.1, -0.05) is 19.3 Å². The Labute approximate surface area is 141 Å². The molecule has 0 aromatic rings. The van der Waals surface area contributed by atoms with Crippen molar-refractivity contribution in [3.8, 4) is 0 Å². The summed E-state index contributed by atoms with van der Waals surface area (Å²) in [4.78, 5) is 14.5. The van der Waals surface area contributed by atoms with Crippen molar-refractivity contribution in [3.05, 3.63) is 0 Å².